The molecule has 3 atom stereocenters. The molecule has 3 rings (SSSR count). The summed E-state index contributed by atoms with van der Waals surface area (Å²) >= 11 is 0. The van der Waals surface area contributed by atoms with E-state index in [2.05, 4.69) is 18.2 Å². The lowest BCUT2D eigenvalue weighted by Crippen LogP contribution is -2.22. The van der Waals surface area contributed by atoms with Crippen molar-refractivity contribution in [3.05, 3.63) is 29.3 Å². The van der Waals surface area contributed by atoms with Crippen LogP contribution >= 0.6 is 0 Å². The Balaban J connectivity index is 1.92. The number of fused-ring (bicyclic) bond motifs is 4. The van der Waals surface area contributed by atoms with E-state index in [1.54, 1.807) is 0 Å². The number of rotatable bonds is 2. The molecule has 0 amide bonds. The standard InChI is InChI=1S/C14H19NO/c1-9(15)16-13-5-4-12-7-10-2-3-11(6-10)14(12)8-13/h4-5,8-11H,2-3,6-7,15H2,1H3. The molecule has 2 aliphatic carbocycles. The van der Waals surface area contributed by atoms with Gasteiger partial charge < -0.3 is 4.74 Å². The molecule has 0 radical (unpaired) electrons. The molecule has 1 aromatic carbocycles. The fraction of sp³-hybridized carbons (Fsp3) is 0.571. The van der Waals surface area contributed by atoms with E-state index >= 15 is 0 Å². The fourth-order valence-electron chi connectivity index (χ4n) is 3.28. The first-order valence-corrected chi connectivity index (χ1v) is 6.27. The summed E-state index contributed by atoms with van der Waals surface area (Å²) in [5.41, 5.74) is 8.71. The second-order valence-corrected chi connectivity index (χ2v) is 5.26. The molecule has 1 fully saturated rings. The Hall–Kier alpha value is -1.02. The van der Waals surface area contributed by atoms with E-state index in [0.29, 0.717) is 0 Å². The number of nitrogens with two attached hydrogens (primary N) is 1. The van der Waals surface area contributed by atoms with Crippen molar-refractivity contribution in [1.29, 1.82) is 0 Å². The van der Waals surface area contributed by atoms with Crippen LogP contribution in [0.1, 0.15) is 43.2 Å². The fourth-order valence-corrected chi connectivity index (χ4v) is 3.28. The molecule has 2 N–H and O–H groups in total. The van der Waals surface area contributed by atoms with Crippen LogP contribution in [0.5, 0.6) is 5.75 Å². The highest BCUT2D eigenvalue weighted by molar-refractivity contribution is 5.40. The van der Waals surface area contributed by atoms with Crippen LogP contribution in [0, 0.1) is 5.92 Å². The number of hydrogen-bond acceptors (Lipinski definition) is 2. The summed E-state index contributed by atoms with van der Waals surface area (Å²) in [6, 6.07) is 6.51. The predicted molar refractivity (Wildman–Crippen MR) is 64.5 cm³/mol. The van der Waals surface area contributed by atoms with Crippen LogP contribution in [0.2, 0.25) is 0 Å². The maximum atomic E-state index is 5.65. The third-order valence-electron chi connectivity index (χ3n) is 3.93. The normalized spacial score (nSPS) is 28.6. The average molecular weight is 217 g/mol. The summed E-state index contributed by atoms with van der Waals surface area (Å²) in [6.07, 6.45) is 5.19. The molecule has 0 aliphatic heterocycles. The zero-order valence-corrected chi connectivity index (χ0v) is 9.78. The van der Waals surface area contributed by atoms with Crippen LogP contribution in [0.25, 0.3) is 0 Å². The molecule has 2 nitrogen and oxygen atoms in total. The van der Waals surface area contributed by atoms with Crippen molar-refractivity contribution in [3.8, 4) is 5.75 Å². The second-order valence-electron chi connectivity index (χ2n) is 5.26. The molecule has 0 heterocycles. The van der Waals surface area contributed by atoms with Crippen molar-refractivity contribution in [1.82, 2.24) is 0 Å². The summed E-state index contributed by atoms with van der Waals surface area (Å²) in [7, 11) is 0. The van der Waals surface area contributed by atoms with Gasteiger partial charge in [0, 0.05) is 0 Å². The Bertz CT molecular complexity index is 400. The highest BCUT2D eigenvalue weighted by Crippen LogP contribution is 2.46. The van der Waals surface area contributed by atoms with E-state index in [9.17, 15) is 0 Å². The predicted octanol–water partition coefficient (Wildman–Crippen LogP) is 2.81. The molecule has 2 heteroatoms. The number of ether oxygens (including phenoxy) is 1. The Morgan fingerprint density at radius 3 is 3.06 bits per heavy atom. The first-order valence-electron chi connectivity index (χ1n) is 6.27. The maximum Gasteiger partial charge on any atom is 0.144 e. The van der Waals surface area contributed by atoms with Crippen molar-refractivity contribution in [2.75, 3.05) is 0 Å². The quantitative estimate of drug-likeness (QED) is 0.773. The molecule has 86 valence electrons. The largest absolute Gasteiger partial charge is 0.476 e. The monoisotopic (exact) mass is 217 g/mol. The maximum absolute atomic E-state index is 5.65. The molecule has 1 saturated carbocycles. The van der Waals surface area contributed by atoms with Gasteiger partial charge in [-0.05, 0) is 67.7 Å². The van der Waals surface area contributed by atoms with Gasteiger partial charge in [-0.2, -0.15) is 0 Å². The van der Waals surface area contributed by atoms with Crippen LogP contribution in [0.3, 0.4) is 0 Å². The van der Waals surface area contributed by atoms with E-state index in [1.807, 2.05) is 6.92 Å². The van der Waals surface area contributed by atoms with Gasteiger partial charge in [0.15, 0.2) is 0 Å². The molecule has 2 bridgehead atoms. The summed E-state index contributed by atoms with van der Waals surface area (Å²) in [5.74, 6) is 2.65. The molecule has 0 saturated heterocycles. The van der Waals surface area contributed by atoms with Gasteiger partial charge in [0.05, 0.1) is 0 Å². The van der Waals surface area contributed by atoms with Crippen molar-refractivity contribution in [2.45, 2.75) is 44.8 Å². The van der Waals surface area contributed by atoms with Crippen LogP contribution in [-0.4, -0.2) is 6.23 Å². The summed E-state index contributed by atoms with van der Waals surface area (Å²) in [5, 5.41) is 0. The lowest BCUT2D eigenvalue weighted by Gasteiger charge is -2.23. The van der Waals surface area contributed by atoms with Gasteiger partial charge in [-0.1, -0.05) is 6.07 Å². The van der Waals surface area contributed by atoms with Crippen LogP contribution in [0.15, 0.2) is 18.2 Å². The minimum Gasteiger partial charge on any atom is -0.476 e. The molecule has 1 aromatic rings. The molecule has 0 aromatic heterocycles. The number of hydrogen-bond donors (Lipinski definition) is 1. The zero-order chi connectivity index (χ0) is 11.1. The SMILES string of the molecule is CC(N)Oc1ccc2c(c1)C1CCC(C2)C1. The Kier molecular flexibility index (Phi) is 2.40. The summed E-state index contributed by atoms with van der Waals surface area (Å²) < 4.78 is 5.56. The Labute approximate surface area is 96.8 Å². The van der Waals surface area contributed by atoms with Gasteiger partial charge >= 0.3 is 0 Å². The second kappa shape index (κ2) is 3.77. The van der Waals surface area contributed by atoms with Crippen molar-refractivity contribution in [2.24, 2.45) is 11.7 Å². The van der Waals surface area contributed by atoms with Crippen molar-refractivity contribution >= 4 is 0 Å². The average Bonchev–Trinajstić information content (AvgIpc) is 2.62. The van der Waals surface area contributed by atoms with E-state index < -0.39 is 0 Å². The van der Waals surface area contributed by atoms with Crippen LogP contribution < -0.4 is 10.5 Å². The molecule has 0 spiro atoms. The summed E-state index contributed by atoms with van der Waals surface area (Å²) in [4.78, 5) is 0. The Morgan fingerprint density at radius 1 is 1.38 bits per heavy atom. The lowest BCUT2D eigenvalue weighted by atomic mass is 9.83. The van der Waals surface area contributed by atoms with Crippen LogP contribution in [0.4, 0.5) is 0 Å². The zero-order valence-electron chi connectivity index (χ0n) is 9.78. The third kappa shape index (κ3) is 1.71. The highest BCUT2D eigenvalue weighted by Gasteiger charge is 2.32. The van der Waals surface area contributed by atoms with E-state index in [0.717, 1.165) is 17.6 Å². The topological polar surface area (TPSA) is 35.2 Å². The summed E-state index contributed by atoms with van der Waals surface area (Å²) in [6.45, 7) is 1.87. The third-order valence-corrected chi connectivity index (χ3v) is 3.93. The first-order chi connectivity index (χ1) is 7.72. The molecule has 2 aliphatic rings. The van der Waals surface area contributed by atoms with Crippen molar-refractivity contribution in [3.63, 3.8) is 0 Å². The van der Waals surface area contributed by atoms with Gasteiger partial charge in [-0.25, -0.2) is 0 Å². The van der Waals surface area contributed by atoms with Crippen molar-refractivity contribution < 1.29 is 4.74 Å². The molecular formula is C14H19NO. The molecule has 16 heavy (non-hydrogen) atoms. The van der Waals surface area contributed by atoms with Gasteiger partial charge in [-0.3, -0.25) is 5.73 Å². The van der Waals surface area contributed by atoms with Crippen LogP contribution in [-0.2, 0) is 6.42 Å². The van der Waals surface area contributed by atoms with Gasteiger partial charge in [0.1, 0.15) is 12.0 Å². The highest BCUT2D eigenvalue weighted by atomic mass is 16.5. The van der Waals surface area contributed by atoms with E-state index in [1.165, 1.54) is 36.8 Å². The first kappa shape index (κ1) is 10.2. The molecular weight excluding hydrogens is 198 g/mol. The minimum atomic E-state index is -0.224. The van der Waals surface area contributed by atoms with Gasteiger partial charge in [0.25, 0.3) is 0 Å². The Morgan fingerprint density at radius 2 is 2.25 bits per heavy atom. The molecule has 3 unspecified atom stereocenters. The lowest BCUT2D eigenvalue weighted by molar-refractivity contribution is 0.229. The number of benzene rings is 1. The van der Waals surface area contributed by atoms with Gasteiger partial charge in [0.2, 0.25) is 0 Å². The van der Waals surface area contributed by atoms with E-state index in [-0.39, 0.29) is 6.23 Å². The minimum absolute atomic E-state index is 0.224. The smallest absolute Gasteiger partial charge is 0.144 e. The van der Waals surface area contributed by atoms with Gasteiger partial charge in [-0.15, -0.1) is 0 Å². The van der Waals surface area contributed by atoms with E-state index in [4.69, 9.17) is 10.5 Å².